The van der Waals surface area contributed by atoms with Gasteiger partial charge in [0.2, 0.25) is 6.08 Å². The molecule has 0 aliphatic heterocycles. The summed E-state index contributed by atoms with van der Waals surface area (Å²) in [7, 11) is 0. The lowest BCUT2D eigenvalue weighted by molar-refractivity contribution is 0.372. The van der Waals surface area contributed by atoms with Crippen LogP contribution in [0, 0.1) is 0 Å². The average Bonchev–Trinajstić information content (AvgIpc) is 2.26. The van der Waals surface area contributed by atoms with Crippen molar-refractivity contribution in [3.8, 4) is 0 Å². The summed E-state index contributed by atoms with van der Waals surface area (Å²) in [6.07, 6.45) is 1.21. The number of nitrogens with zero attached hydrogens (tertiary/aromatic N) is 2. The van der Waals surface area contributed by atoms with Gasteiger partial charge >= 0.3 is 5.56 Å². The Bertz CT molecular complexity index is 627. The van der Waals surface area contributed by atoms with E-state index in [2.05, 4.69) is 4.99 Å². The lowest BCUT2D eigenvalue weighted by Crippen LogP contribution is -2.13. The maximum absolute atomic E-state index is 13.4. The highest BCUT2D eigenvalue weighted by Crippen LogP contribution is 2.16. The molecular weight excluding hydrogens is 199 g/mol. The van der Waals surface area contributed by atoms with Crippen LogP contribution in [0.1, 0.15) is 0 Å². The van der Waals surface area contributed by atoms with Crippen LogP contribution in [-0.2, 0) is 4.79 Å². The number of halogens is 1. The second kappa shape index (κ2) is 3.48. The number of carbonyl (C=O) groups excluding carboxylic acids is 1. The summed E-state index contributed by atoms with van der Waals surface area (Å²) in [5, 5.41) is 0.494. The van der Waals surface area contributed by atoms with E-state index in [9.17, 15) is 14.1 Å². The molecule has 0 bridgehead atoms. The molecule has 0 saturated heterocycles. The highest BCUT2D eigenvalue weighted by atomic mass is 19.2. The molecule has 0 aliphatic carbocycles. The van der Waals surface area contributed by atoms with Gasteiger partial charge in [-0.2, -0.15) is 4.99 Å². The normalized spacial score (nSPS) is 9.93. The summed E-state index contributed by atoms with van der Waals surface area (Å²) in [4.78, 5) is 24.4. The Kier molecular flexibility index (Phi) is 2.15. The van der Waals surface area contributed by atoms with Crippen molar-refractivity contribution in [2.24, 2.45) is 4.99 Å². The Hall–Kier alpha value is -2.26. The number of para-hydroxylation sites is 1. The summed E-state index contributed by atoms with van der Waals surface area (Å²) < 4.78 is 13.4. The van der Waals surface area contributed by atoms with E-state index in [-0.39, 0.29) is 16.0 Å². The summed E-state index contributed by atoms with van der Waals surface area (Å²) >= 11 is 0. The molecule has 2 aromatic rings. The molecule has 0 amide bonds. The molecule has 1 aromatic heterocycles. The van der Waals surface area contributed by atoms with Gasteiger partial charge in [0.25, 0.3) is 0 Å². The summed E-state index contributed by atoms with van der Waals surface area (Å²) in [5.41, 5.74) is -1.07. The van der Waals surface area contributed by atoms with Crippen molar-refractivity contribution >= 4 is 22.7 Å². The maximum atomic E-state index is 13.4. The first-order valence-corrected chi connectivity index (χ1v) is 4.13. The van der Waals surface area contributed by atoms with Crippen LogP contribution in [-0.4, -0.2) is 10.9 Å². The molecule has 0 aliphatic rings. The van der Waals surface area contributed by atoms with Crippen LogP contribution in [0.4, 0.5) is 10.2 Å². The number of fused-ring (bicyclic) bond motifs is 1. The van der Waals surface area contributed by atoms with Crippen LogP contribution in [0.15, 0.2) is 40.1 Å². The van der Waals surface area contributed by atoms with Gasteiger partial charge in [-0.1, -0.05) is 22.7 Å². The Morgan fingerprint density at radius 2 is 2.07 bits per heavy atom. The van der Waals surface area contributed by atoms with Gasteiger partial charge < -0.3 is 0 Å². The standard InChI is InChI=1S/C10H5FN2O2/c11-13-9-4-2-1-3-7(9)5-8(10(13)15)12-6-14/h1-5H. The number of hydrogen-bond acceptors (Lipinski definition) is 3. The van der Waals surface area contributed by atoms with Crippen LogP contribution in [0.5, 0.6) is 0 Å². The smallest absolute Gasteiger partial charge is 0.264 e. The monoisotopic (exact) mass is 204 g/mol. The first-order chi connectivity index (χ1) is 7.24. The van der Waals surface area contributed by atoms with Crippen molar-refractivity contribution in [3.63, 3.8) is 0 Å². The number of rotatable bonds is 1. The van der Waals surface area contributed by atoms with E-state index in [1.807, 2.05) is 0 Å². The lowest BCUT2D eigenvalue weighted by Gasteiger charge is -2.00. The Labute approximate surface area is 83.2 Å². The Balaban J connectivity index is 2.94. The minimum atomic E-state index is -0.961. The van der Waals surface area contributed by atoms with E-state index in [1.54, 1.807) is 18.2 Å². The summed E-state index contributed by atoms with van der Waals surface area (Å²) in [6.45, 7) is 0. The molecule has 0 unspecified atom stereocenters. The van der Waals surface area contributed by atoms with Crippen LogP contribution >= 0.6 is 0 Å². The molecule has 0 fully saturated rings. The molecule has 1 heterocycles. The molecular formula is C10H5FN2O2. The van der Waals surface area contributed by atoms with E-state index in [1.165, 1.54) is 18.2 Å². The second-order valence-electron chi connectivity index (χ2n) is 2.88. The Morgan fingerprint density at radius 1 is 1.33 bits per heavy atom. The van der Waals surface area contributed by atoms with E-state index in [4.69, 9.17) is 0 Å². The highest BCUT2D eigenvalue weighted by molar-refractivity contribution is 5.81. The topological polar surface area (TPSA) is 51.4 Å². The number of aliphatic imine (C=N–C) groups is 1. The van der Waals surface area contributed by atoms with Gasteiger partial charge in [0.1, 0.15) is 5.69 Å². The first-order valence-electron chi connectivity index (χ1n) is 4.13. The molecule has 4 nitrogen and oxygen atoms in total. The van der Waals surface area contributed by atoms with Crippen molar-refractivity contribution in [1.82, 2.24) is 4.79 Å². The second-order valence-corrected chi connectivity index (χ2v) is 2.88. The van der Waals surface area contributed by atoms with Gasteiger partial charge in [-0.3, -0.25) is 4.79 Å². The quantitative estimate of drug-likeness (QED) is 0.524. The minimum Gasteiger partial charge on any atom is -0.264 e. The molecule has 1 aromatic carbocycles. The van der Waals surface area contributed by atoms with Crippen molar-refractivity contribution in [1.29, 1.82) is 0 Å². The van der Waals surface area contributed by atoms with Crippen molar-refractivity contribution in [3.05, 3.63) is 40.7 Å². The van der Waals surface area contributed by atoms with E-state index < -0.39 is 5.56 Å². The maximum Gasteiger partial charge on any atom is 0.305 e. The third-order valence-electron chi connectivity index (χ3n) is 2.00. The zero-order chi connectivity index (χ0) is 10.8. The minimum absolute atomic E-state index is 0.0362. The molecule has 0 radical (unpaired) electrons. The number of hydrogen-bond donors (Lipinski definition) is 0. The fraction of sp³-hybridized carbons (Fsp3) is 0. The van der Waals surface area contributed by atoms with Crippen molar-refractivity contribution in [2.75, 3.05) is 0 Å². The molecule has 5 heteroatoms. The van der Waals surface area contributed by atoms with Crippen LogP contribution < -0.4 is 5.56 Å². The van der Waals surface area contributed by atoms with Gasteiger partial charge in [-0.05, 0) is 12.1 Å². The van der Waals surface area contributed by atoms with Gasteiger partial charge in [0.05, 0.1) is 5.52 Å². The molecule has 2 rings (SSSR count). The number of benzene rings is 1. The highest BCUT2D eigenvalue weighted by Gasteiger charge is 2.07. The molecule has 74 valence electrons. The number of pyridine rings is 1. The summed E-state index contributed by atoms with van der Waals surface area (Å²) in [5.74, 6) is 0. The van der Waals surface area contributed by atoms with Crippen LogP contribution in [0.3, 0.4) is 0 Å². The SMILES string of the molecule is O=C=Nc1cc2ccccc2n(F)c1=O. The van der Waals surface area contributed by atoms with Crippen LogP contribution in [0.2, 0.25) is 0 Å². The van der Waals surface area contributed by atoms with Gasteiger partial charge in [0, 0.05) is 5.39 Å². The van der Waals surface area contributed by atoms with Gasteiger partial charge in [0.15, 0.2) is 0 Å². The first kappa shape index (κ1) is 9.30. The van der Waals surface area contributed by atoms with Crippen molar-refractivity contribution < 1.29 is 9.28 Å². The van der Waals surface area contributed by atoms with Crippen LogP contribution in [0.25, 0.3) is 10.9 Å². The third kappa shape index (κ3) is 1.45. The predicted octanol–water partition coefficient (Wildman–Crippen LogP) is 1.70. The number of isocyanates is 1. The fourth-order valence-corrected chi connectivity index (χ4v) is 1.34. The summed E-state index contributed by atoms with van der Waals surface area (Å²) in [6, 6.07) is 7.74. The van der Waals surface area contributed by atoms with Gasteiger partial charge in [-0.25, -0.2) is 4.79 Å². The number of aromatic nitrogens is 1. The molecule has 0 atom stereocenters. The molecule has 0 N–H and O–H groups in total. The van der Waals surface area contributed by atoms with Gasteiger partial charge in [-0.15, -0.1) is 4.79 Å². The molecule has 0 spiro atoms. The van der Waals surface area contributed by atoms with E-state index in [0.29, 0.717) is 5.39 Å². The molecule has 0 saturated carbocycles. The predicted molar refractivity (Wildman–Crippen MR) is 52.5 cm³/mol. The zero-order valence-electron chi connectivity index (χ0n) is 7.48. The van der Waals surface area contributed by atoms with E-state index >= 15 is 0 Å². The largest absolute Gasteiger partial charge is 0.305 e. The molecule has 15 heavy (non-hydrogen) atoms. The zero-order valence-corrected chi connectivity index (χ0v) is 7.48. The third-order valence-corrected chi connectivity index (χ3v) is 2.00. The Morgan fingerprint density at radius 3 is 2.80 bits per heavy atom. The average molecular weight is 204 g/mol. The van der Waals surface area contributed by atoms with Crippen molar-refractivity contribution in [2.45, 2.75) is 0 Å². The van der Waals surface area contributed by atoms with E-state index in [0.717, 1.165) is 0 Å². The fourth-order valence-electron chi connectivity index (χ4n) is 1.34. The lowest BCUT2D eigenvalue weighted by atomic mass is 10.2.